The van der Waals surface area contributed by atoms with Crippen molar-refractivity contribution in [2.45, 2.75) is 6.42 Å². The molecule has 0 spiro atoms. The van der Waals surface area contributed by atoms with E-state index in [9.17, 15) is 14.4 Å². The molecule has 3 aliphatic rings. The minimum atomic E-state index is -1.26. The van der Waals surface area contributed by atoms with Gasteiger partial charge in [-0.15, -0.1) is 0 Å². The first-order valence-electron chi connectivity index (χ1n) is 6.94. The third kappa shape index (κ3) is 3.79. The van der Waals surface area contributed by atoms with Crippen molar-refractivity contribution in [3.63, 3.8) is 0 Å². The SMILES string of the molecule is O=C(O)C=CC(=O)O.O=C1CC2CNCC2=C2C=CC=CC12. The number of carbonyl (C=O) groups excluding carboxylic acids is 1. The van der Waals surface area contributed by atoms with Crippen molar-refractivity contribution in [2.24, 2.45) is 11.8 Å². The number of hydrogen-bond acceptors (Lipinski definition) is 4. The monoisotopic (exact) mass is 303 g/mol. The molecule has 1 fully saturated rings. The average molecular weight is 303 g/mol. The van der Waals surface area contributed by atoms with E-state index in [-0.39, 0.29) is 5.92 Å². The lowest BCUT2D eigenvalue weighted by Crippen LogP contribution is -2.27. The van der Waals surface area contributed by atoms with Gasteiger partial charge in [0.1, 0.15) is 5.78 Å². The smallest absolute Gasteiger partial charge is 0.328 e. The molecule has 2 unspecified atom stereocenters. The zero-order valence-corrected chi connectivity index (χ0v) is 11.9. The second-order valence-corrected chi connectivity index (χ2v) is 5.21. The summed E-state index contributed by atoms with van der Waals surface area (Å²) in [5, 5.41) is 19.0. The van der Waals surface area contributed by atoms with Gasteiger partial charge in [0.25, 0.3) is 0 Å². The Hall–Kier alpha value is -2.47. The summed E-state index contributed by atoms with van der Waals surface area (Å²) in [5.74, 6) is -1.59. The molecule has 2 atom stereocenters. The van der Waals surface area contributed by atoms with Gasteiger partial charge in [-0.1, -0.05) is 24.3 Å². The molecule has 3 rings (SSSR count). The fourth-order valence-corrected chi connectivity index (χ4v) is 2.82. The Morgan fingerprint density at radius 2 is 1.86 bits per heavy atom. The van der Waals surface area contributed by atoms with Crippen molar-refractivity contribution in [1.29, 1.82) is 0 Å². The van der Waals surface area contributed by atoms with Gasteiger partial charge in [-0.3, -0.25) is 4.79 Å². The molecule has 22 heavy (non-hydrogen) atoms. The Kier molecular flexibility index (Phi) is 5.06. The molecule has 0 aromatic carbocycles. The van der Waals surface area contributed by atoms with Crippen LogP contribution in [0, 0.1) is 11.8 Å². The van der Waals surface area contributed by atoms with Crippen LogP contribution in [0.1, 0.15) is 6.42 Å². The van der Waals surface area contributed by atoms with E-state index in [1.165, 1.54) is 11.1 Å². The molecule has 1 heterocycles. The summed E-state index contributed by atoms with van der Waals surface area (Å²) in [7, 11) is 0. The molecule has 1 aliphatic heterocycles. The Morgan fingerprint density at radius 3 is 2.50 bits per heavy atom. The zero-order valence-electron chi connectivity index (χ0n) is 11.9. The highest BCUT2D eigenvalue weighted by Gasteiger charge is 2.35. The van der Waals surface area contributed by atoms with Gasteiger partial charge in [0.05, 0.1) is 5.92 Å². The van der Waals surface area contributed by atoms with Gasteiger partial charge in [-0.05, 0) is 11.1 Å². The number of carboxylic acid groups (broad SMARTS) is 2. The van der Waals surface area contributed by atoms with Crippen molar-refractivity contribution >= 4 is 17.7 Å². The van der Waals surface area contributed by atoms with Crippen LogP contribution in [0.4, 0.5) is 0 Å². The highest BCUT2D eigenvalue weighted by atomic mass is 16.4. The summed E-state index contributed by atoms with van der Waals surface area (Å²) in [5.41, 5.74) is 2.73. The molecule has 0 amide bonds. The Morgan fingerprint density at radius 1 is 1.18 bits per heavy atom. The van der Waals surface area contributed by atoms with Crippen LogP contribution in [-0.4, -0.2) is 41.0 Å². The first-order chi connectivity index (χ1) is 10.5. The van der Waals surface area contributed by atoms with Gasteiger partial charge >= 0.3 is 11.9 Å². The first kappa shape index (κ1) is 15.9. The van der Waals surface area contributed by atoms with Gasteiger partial charge in [-0.2, -0.15) is 0 Å². The van der Waals surface area contributed by atoms with Gasteiger partial charge in [0.15, 0.2) is 0 Å². The van der Waals surface area contributed by atoms with Crippen LogP contribution < -0.4 is 5.32 Å². The topological polar surface area (TPSA) is 104 Å². The van der Waals surface area contributed by atoms with Gasteiger partial charge in [0.2, 0.25) is 0 Å². The summed E-state index contributed by atoms with van der Waals surface area (Å²) in [6.07, 6.45) is 10.00. The predicted octanol–water partition coefficient (Wildman–Crippen LogP) is 0.929. The minimum absolute atomic E-state index is 0.0612. The molecule has 0 aromatic rings. The molecule has 1 saturated heterocycles. The van der Waals surface area contributed by atoms with Crippen LogP contribution in [0.2, 0.25) is 0 Å². The standard InChI is InChI=1S/C12H13NO.C4H4O4/c14-12-5-8-6-13-7-11(8)9-3-1-2-4-10(9)12;5-3(6)1-2-4(7)8/h1-4,8,10,13H,5-7H2;1-2H,(H,5,6)(H,7,8). The third-order valence-corrected chi connectivity index (χ3v) is 3.76. The molecule has 116 valence electrons. The lowest BCUT2D eigenvalue weighted by Gasteiger charge is -2.27. The Bertz CT molecular complexity index is 596. The number of carbonyl (C=O) groups is 3. The fourth-order valence-electron chi connectivity index (χ4n) is 2.82. The number of ketones is 1. The van der Waals surface area contributed by atoms with E-state index >= 15 is 0 Å². The highest BCUT2D eigenvalue weighted by molar-refractivity contribution is 5.90. The van der Waals surface area contributed by atoms with Crippen molar-refractivity contribution in [3.8, 4) is 0 Å². The van der Waals surface area contributed by atoms with Crippen LogP contribution in [0.5, 0.6) is 0 Å². The lowest BCUT2D eigenvalue weighted by atomic mass is 9.75. The molecular weight excluding hydrogens is 286 g/mol. The minimum Gasteiger partial charge on any atom is -0.478 e. The normalized spacial score (nSPS) is 25.5. The van der Waals surface area contributed by atoms with Crippen LogP contribution in [0.3, 0.4) is 0 Å². The van der Waals surface area contributed by atoms with Crippen LogP contribution in [-0.2, 0) is 14.4 Å². The fraction of sp³-hybridized carbons (Fsp3) is 0.312. The predicted molar refractivity (Wildman–Crippen MR) is 79.2 cm³/mol. The van der Waals surface area contributed by atoms with Crippen LogP contribution >= 0.6 is 0 Å². The van der Waals surface area contributed by atoms with Crippen molar-refractivity contribution in [1.82, 2.24) is 5.32 Å². The van der Waals surface area contributed by atoms with E-state index < -0.39 is 11.9 Å². The van der Waals surface area contributed by atoms with Gasteiger partial charge in [0, 0.05) is 37.6 Å². The van der Waals surface area contributed by atoms with E-state index in [1.54, 1.807) is 0 Å². The number of hydrogen-bond donors (Lipinski definition) is 3. The molecule has 0 radical (unpaired) electrons. The number of allylic oxidation sites excluding steroid dienone is 5. The molecule has 2 aliphatic carbocycles. The van der Waals surface area contributed by atoms with E-state index in [0.29, 0.717) is 23.9 Å². The summed E-state index contributed by atoms with van der Waals surface area (Å²) in [4.78, 5) is 30.9. The third-order valence-electron chi connectivity index (χ3n) is 3.76. The van der Waals surface area contributed by atoms with Crippen molar-refractivity contribution in [2.75, 3.05) is 13.1 Å². The molecule has 6 heteroatoms. The number of aliphatic carboxylic acids is 2. The van der Waals surface area contributed by atoms with E-state index in [2.05, 4.69) is 11.4 Å². The first-order valence-corrected chi connectivity index (χ1v) is 6.94. The quantitative estimate of drug-likeness (QED) is 0.656. The van der Waals surface area contributed by atoms with Crippen molar-refractivity contribution in [3.05, 3.63) is 47.6 Å². The average Bonchev–Trinajstić information content (AvgIpc) is 2.94. The number of rotatable bonds is 2. The molecule has 6 nitrogen and oxygen atoms in total. The summed E-state index contributed by atoms with van der Waals surface area (Å²) >= 11 is 0. The number of fused-ring (bicyclic) bond motifs is 2. The number of nitrogens with one attached hydrogen (secondary N) is 1. The van der Waals surface area contributed by atoms with Gasteiger partial charge < -0.3 is 15.5 Å². The largest absolute Gasteiger partial charge is 0.478 e. The zero-order chi connectivity index (χ0) is 16.1. The second kappa shape index (κ2) is 7.00. The summed E-state index contributed by atoms with van der Waals surface area (Å²) < 4.78 is 0. The molecule has 0 aromatic heterocycles. The number of carboxylic acids is 2. The van der Waals surface area contributed by atoms with Gasteiger partial charge in [-0.25, -0.2) is 9.59 Å². The molecule has 3 N–H and O–H groups in total. The van der Waals surface area contributed by atoms with Crippen molar-refractivity contribution < 1.29 is 24.6 Å². The maximum absolute atomic E-state index is 11.8. The maximum Gasteiger partial charge on any atom is 0.328 e. The van der Waals surface area contributed by atoms with E-state index in [0.717, 1.165) is 19.5 Å². The lowest BCUT2D eigenvalue weighted by molar-refractivity contribution is -0.134. The van der Waals surface area contributed by atoms with Crippen LogP contribution in [0.25, 0.3) is 0 Å². The second-order valence-electron chi connectivity index (χ2n) is 5.21. The highest BCUT2D eigenvalue weighted by Crippen LogP contribution is 2.36. The number of Topliss-reactive ketones (excluding diaryl/α,β-unsaturated/α-hetero) is 1. The molecular formula is C16H17NO5. The summed E-state index contributed by atoms with van der Waals surface area (Å²) in [6, 6.07) is 0. The Balaban J connectivity index is 0.000000192. The Labute approximate surface area is 127 Å². The molecule has 0 saturated carbocycles. The van der Waals surface area contributed by atoms with Crippen LogP contribution in [0.15, 0.2) is 47.6 Å². The molecule has 0 bridgehead atoms. The maximum atomic E-state index is 11.8. The van der Waals surface area contributed by atoms with E-state index in [4.69, 9.17) is 10.2 Å². The summed E-state index contributed by atoms with van der Waals surface area (Å²) in [6.45, 7) is 1.96. The van der Waals surface area contributed by atoms with E-state index in [1.807, 2.05) is 18.2 Å².